The third-order valence-corrected chi connectivity index (χ3v) is 2.39. The van der Waals surface area contributed by atoms with Gasteiger partial charge in [0.2, 0.25) is 0 Å². The first-order valence-electron chi connectivity index (χ1n) is 5.37. The van der Waals surface area contributed by atoms with Gasteiger partial charge < -0.3 is 10.4 Å². The van der Waals surface area contributed by atoms with E-state index in [0.717, 1.165) is 12.2 Å². The van der Waals surface area contributed by atoms with Crippen molar-refractivity contribution in [2.24, 2.45) is 5.92 Å². The van der Waals surface area contributed by atoms with E-state index in [0.29, 0.717) is 12.4 Å². The van der Waals surface area contributed by atoms with Crippen LogP contribution in [0.2, 0.25) is 0 Å². The zero-order chi connectivity index (χ0) is 12.0. The van der Waals surface area contributed by atoms with Crippen LogP contribution in [0.3, 0.4) is 0 Å². The Morgan fingerprint density at radius 3 is 2.94 bits per heavy atom. The highest BCUT2D eigenvalue weighted by Crippen LogP contribution is 2.10. The number of nitrogens with zero attached hydrogens (tertiary/aromatic N) is 2. The lowest BCUT2D eigenvalue weighted by Crippen LogP contribution is -2.17. The number of carboxylic acids is 1. The van der Waals surface area contributed by atoms with Gasteiger partial charge in [0.15, 0.2) is 0 Å². The number of rotatable bonds is 6. The van der Waals surface area contributed by atoms with Crippen molar-refractivity contribution in [2.75, 3.05) is 11.9 Å². The Morgan fingerprint density at radius 1 is 1.62 bits per heavy atom. The molecule has 0 bridgehead atoms. The molecular weight excluding hydrogens is 206 g/mol. The first kappa shape index (κ1) is 12.4. The van der Waals surface area contributed by atoms with Gasteiger partial charge >= 0.3 is 5.97 Å². The standard InChI is InChI=1S/C11H17N3O2/c1-3-9(6-11(15)16)7-13-10-4-5-12-8(2)14-10/h4-5,9H,3,6-7H2,1-2H3,(H,15,16)(H,12,13,14). The molecule has 2 N–H and O–H groups in total. The molecule has 1 rings (SSSR count). The molecule has 0 aliphatic carbocycles. The summed E-state index contributed by atoms with van der Waals surface area (Å²) in [5, 5.41) is 11.8. The number of aliphatic carboxylic acids is 1. The molecule has 16 heavy (non-hydrogen) atoms. The Balaban J connectivity index is 2.46. The predicted octanol–water partition coefficient (Wildman–Crippen LogP) is 1.70. The SMILES string of the molecule is CCC(CNc1ccnc(C)n1)CC(=O)O. The van der Waals surface area contributed by atoms with Gasteiger partial charge in [-0.15, -0.1) is 0 Å². The van der Waals surface area contributed by atoms with Crippen LogP contribution in [0.4, 0.5) is 5.82 Å². The van der Waals surface area contributed by atoms with Crippen LogP contribution >= 0.6 is 0 Å². The second-order valence-electron chi connectivity index (χ2n) is 3.74. The maximum Gasteiger partial charge on any atom is 0.303 e. The largest absolute Gasteiger partial charge is 0.481 e. The Morgan fingerprint density at radius 2 is 2.38 bits per heavy atom. The predicted molar refractivity (Wildman–Crippen MR) is 61.3 cm³/mol. The van der Waals surface area contributed by atoms with Gasteiger partial charge in [-0.25, -0.2) is 9.97 Å². The molecule has 0 radical (unpaired) electrons. The Labute approximate surface area is 94.9 Å². The monoisotopic (exact) mass is 223 g/mol. The average Bonchev–Trinajstić information content (AvgIpc) is 2.24. The van der Waals surface area contributed by atoms with Gasteiger partial charge in [0.05, 0.1) is 0 Å². The first-order valence-corrected chi connectivity index (χ1v) is 5.37. The zero-order valence-corrected chi connectivity index (χ0v) is 9.60. The van der Waals surface area contributed by atoms with E-state index in [1.807, 2.05) is 13.8 Å². The van der Waals surface area contributed by atoms with E-state index >= 15 is 0 Å². The van der Waals surface area contributed by atoms with Crippen molar-refractivity contribution in [1.29, 1.82) is 0 Å². The molecule has 1 unspecified atom stereocenters. The van der Waals surface area contributed by atoms with E-state index < -0.39 is 5.97 Å². The van der Waals surface area contributed by atoms with Crippen molar-refractivity contribution < 1.29 is 9.90 Å². The fraction of sp³-hybridized carbons (Fsp3) is 0.545. The minimum Gasteiger partial charge on any atom is -0.481 e. The molecular formula is C11H17N3O2. The number of hydrogen-bond donors (Lipinski definition) is 2. The quantitative estimate of drug-likeness (QED) is 0.767. The smallest absolute Gasteiger partial charge is 0.303 e. The molecule has 0 aliphatic heterocycles. The van der Waals surface area contributed by atoms with Gasteiger partial charge in [-0.1, -0.05) is 13.3 Å². The van der Waals surface area contributed by atoms with Crippen LogP contribution in [0.15, 0.2) is 12.3 Å². The number of hydrogen-bond acceptors (Lipinski definition) is 4. The molecule has 1 aromatic heterocycles. The topological polar surface area (TPSA) is 75.1 Å². The summed E-state index contributed by atoms with van der Waals surface area (Å²) in [4.78, 5) is 18.8. The molecule has 1 aromatic rings. The summed E-state index contributed by atoms with van der Waals surface area (Å²) in [6.07, 6.45) is 2.71. The second kappa shape index (κ2) is 6.05. The fourth-order valence-electron chi connectivity index (χ4n) is 1.41. The van der Waals surface area contributed by atoms with E-state index in [-0.39, 0.29) is 12.3 Å². The highest BCUT2D eigenvalue weighted by molar-refractivity contribution is 5.67. The van der Waals surface area contributed by atoms with Gasteiger partial charge in [-0.3, -0.25) is 4.79 Å². The third-order valence-electron chi connectivity index (χ3n) is 2.39. The molecule has 0 amide bonds. The van der Waals surface area contributed by atoms with Crippen molar-refractivity contribution in [3.63, 3.8) is 0 Å². The molecule has 88 valence electrons. The van der Waals surface area contributed by atoms with Crippen LogP contribution in [0.25, 0.3) is 0 Å². The van der Waals surface area contributed by atoms with Gasteiger partial charge in [-0.2, -0.15) is 0 Å². The van der Waals surface area contributed by atoms with E-state index in [9.17, 15) is 4.79 Å². The molecule has 1 atom stereocenters. The second-order valence-corrected chi connectivity index (χ2v) is 3.74. The Bertz CT molecular complexity index is 355. The highest BCUT2D eigenvalue weighted by Gasteiger charge is 2.10. The van der Waals surface area contributed by atoms with E-state index in [4.69, 9.17) is 5.11 Å². The number of carboxylic acid groups (broad SMARTS) is 1. The zero-order valence-electron chi connectivity index (χ0n) is 9.60. The third kappa shape index (κ3) is 4.25. The summed E-state index contributed by atoms with van der Waals surface area (Å²) in [6.45, 7) is 4.43. The molecule has 0 fully saturated rings. The Kier molecular flexibility index (Phi) is 4.69. The maximum atomic E-state index is 10.6. The number of anilines is 1. The van der Waals surface area contributed by atoms with Crippen molar-refractivity contribution in [3.8, 4) is 0 Å². The Hall–Kier alpha value is -1.65. The molecule has 0 spiro atoms. The summed E-state index contributed by atoms with van der Waals surface area (Å²) < 4.78 is 0. The summed E-state index contributed by atoms with van der Waals surface area (Å²) in [5.41, 5.74) is 0. The number of aryl methyl sites for hydroxylation is 1. The molecule has 1 heterocycles. The van der Waals surface area contributed by atoms with Crippen LogP contribution in [0.1, 0.15) is 25.6 Å². The molecule has 0 aliphatic rings. The van der Waals surface area contributed by atoms with E-state index in [2.05, 4.69) is 15.3 Å². The van der Waals surface area contributed by atoms with Crippen LogP contribution < -0.4 is 5.32 Å². The minimum absolute atomic E-state index is 0.132. The number of carbonyl (C=O) groups is 1. The van der Waals surface area contributed by atoms with Crippen LogP contribution in [0, 0.1) is 12.8 Å². The lowest BCUT2D eigenvalue weighted by atomic mass is 10.0. The van der Waals surface area contributed by atoms with Gasteiger partial charge in [0, 0.05) is 19.2 Å². The fourth-order valence-corrected chi connectivity index (χ4v) is 1.41. The van der Waals surface area contributed by atoms with Gasteiger partial charge in [-0.05, 0) is 18.9 Å². The van der Waals surface area contributed by atoms with Crippen molar-refractivity contribution in [1.82, 2.24) is 9.97 Å². The summed E-state index contributed by atoms with van der Waals surface area (Å²) in [6, 6.07) is 1.78. The normalized spacial score (nSPS) is 12.1. The summed E-state index contributed by atoms with van der Waals surface area (Å²) >= 11 is 0. The van der Waals surface area contributed by atoms with Crippen LogP contribution in [-0.4, -0.2) is 27.6 Å². The lowest BCUT2D eigenvalue weighted by Gasteiger charge is -2.13. The van der Waals surface area contributed by atoms with Crippen molar-refractivity contribution in [2.45, 2.75) is 26.7 Å². The molecule has 5 nitrogen and oxygen atoms in total. The number of nitrogens with one attached hydrogen (secondary N) is 1. The molecule has 5 heteroatoms. The lowest BCUT2D eigenvalue weighted by molar-refractivity contribution is -0.138. The van der Waals surface area contributed by atoms with Gasteiger partial charge in [0.1, 0.15) is 11.6 Å². The van der Waals surface area contributed by atoms with Crippen LogP contribution in [-0.2, 0) is 4.79 Å². The van der Waals surface area contributed by atoms with E-state index in [1.165, 1.54) is 0 Å². The molecule has 0 saturated heterocycles. The van der Waals surface area contributed by atoms with Gasteiger partial charge in [0.25, 0.3) is 0 Å². The van der Waals surface area contributed by atoms with Crippen molar-refractivity contribution >= 4 is 11.8 Å². The summed E-state index contributed by atoms with van der Waals surface area (Å²) in [7, 11) is 0. The number of aromatic nitrogens is 2. The first-order chi connectivity index (χ1) is 7.61. The average molecular weight is 223 g/mol. The van der Waals surface area contributed by atoms with E-state index in [1.54, 1.807) is 12.3 Å². The van der Waals surface area contributed by atoms with Crippen molar-refractivity contribution in [3.05, 3.63) is 18.1 Å². The van der Waals surface area contributed by atoms with Crippen LogP contribution in [0.5, 0.6) is 0 Å². The summed E-state index contributed by atoms with van der Waals surface area (Å²) in [5.74, 6) is 0.827. The molecule has 0 saturated carbocycles. The maximum absolute atomic E-state index is 10.6. The molecule has 0 aromatic carbocycles. The minimum atomic E-state index is -0.757. The highest BCUT2D eigenvalue weighted by atomic mass is 16.4.